The number of benzene rings is 1. The molecule has 0 aliphatic carbocycles. The summed E-state index contributed by atoms with van der Waals surface area (Å²) in [7, 11) is 0. The molecule has 0 amide bonds. The Kier molecular flexibility index (Phi) is 5.38. The minimum absolute atomic E-state index is 0.178. The third-order valence-electron chi connectivity index (χ3n) is 5.32. The fraction of sp³-hybridized carbons (Fsp3) is 0.217. The topological polar surface area (TPSA) is 72.8 Å². The van der Waals surface area contributed by atoms with Crippen molar-refractivity contribution in [3.8, 4) is 17.0 Å². The van der Waals surface area contributed by atoms with E-state index in [0.29, 0.717) is 35.7 Å². The molecule has 8 heteroatoms. The number of pyridine rings is 2. The second-order valence-corrected chi connectivity index (χ2v) is 8.24. The normalized spacial score (nSPS) is 13.6. The highest BCUT2D eigenvalue weighted by Crippen LogP contribution is 2.37. The molecule has 0 bridgehead atoms. The third-order valence-corrected chi connectivity index (χ3v) is 6.30. The quantitative estimate of drug-likeness (QED) is 0.473. The van der Waals surface area contributed by atoms with Gasteiger partial charge >= 0.3 is 0 Å². The fourth-order valence-corrected chi connectivity index (χ4v) is 4.47. The number of anilines is 1. The molecule has 6 nitrogen and oxygen atoms in total. The van der Waals surface area contributed by atoms with Crippen molar-refractivity contribution in [2.24, 2.45) is 0 Å². The molecule has 0 fully saturated rings. The van der Waals surface area contributed by atoms with E-state index in [2.05, 4.69) is 31.5 Å². The first kappa shape index (κ1) is 19.7. The molecule has 4 heterocycles. The van der Waals surface area contributed by atoms with Crippen LogP contribution in [-0.4, -0.2) is 39.3 Å². The van der Waals surface area contributed by atoms with Gasteiger partial charge in [0, 0.05) is 47.9 Å². The molecule has 31 heavy (non-hydrogen) atoms. The second kappa shape index (κ2) is 8.47. The zero-order valence-electron chi connectivity index (χ0n) is 16.9. The lowest BCUT2D eigenvalue weighted by Crippen LogP contribution is -2.12. The molecule has 0 radical (unpaired) electrons. The number of ether oxygens (including phenoxy) is 1. The van der Waals surface area contributed by atoms with Gasteiger partial charge < -0.3 is 10.1 Å². The lowest BCUT2D eigenvalue weighted by Gasteiger charge is -2.18. The van der Waals surface area contributed by atoms with E-state index in [1.165, 1.54) is 12.4 Å². The van der Waals surface area contributed by atoms with Crippen LogP contribution in [0.15, 0.2) is 55.1 Å². The van der Waals surface area contributed by atoms with Crippen molar-refractivity contribution < 1.29 is 9.13 Å². The number of fused-ring (bicyclic) bond motifs is 2. The van der Waals surface area contributed by atoms with Gasteiger partial charge in [-0.1, -0.05) is 6.07 Å². The first-order chi connectivity index (χ1) is 15.2. The van der Waals surface area contributed by atoms with E-state index in [1.807, 2.05) is 30.5 Å². The molecular weight excluding hydrogens is 413 g/mol. The van der Waals surface area contributed by atoms with Gasteiger partial charge in [0.15, 0.2) is 0 Å². The molecule has 3 aromatic heterocycles. The van der Waals surface area contributed by atoms with Crippen molar-refractivity contribution in [1.29, 1.82) is 0 Å². The predicted molar refractivity (Wildman–Crippen MR) is 121 cm³/mol. The van der Waals surface area contributed by atoms with Crippen LogP contribution in [0.2, 0.25) is 0 Å². The van der Waals surface area contributed by atoms with E-state index in [9.17, 15) is 4.39 Å². The molecule has 1 aromatic carbocycles. The summed E-state index contributed by atoms with van der Waals surface area (Å²) in [5.41, 5.74) is 3.85. The van der Waals surface area contributed by atoms with E-state index in [4.69, 9.17) is 4.74 Å². The molecule has 5 rings (SSSR count). The number of nitrogens with one attached hydrogen (secondary N) is 1. The summed E-state index contributed by atoms with van der Waals surface area (Å²) in [6, 6.07) is 10.8. The average Bonchev–Trinajstić information content (AvgIpc) is 3.29. The van der Waals surface area contributed by atoms with Crippen LogP contribution >= 0.6 is 11.8 Å². The van der Waals surface area contributed by atoms with Crippen LogP contribution < -0.4 is 10.1 Å². The van der Waals surface area contributed by atoms with Gasteiger partial charge in [-0.2, -0.15) is 11.8 Å². The largest absolute Gasteiger partial charge is 0.491 e. The summed E-state index contributed by atoms with van der Waals surface area (Å²) in [6.45, 7) is 1.34. The summed E-state index contributed by atoms with van der Waals surface area (Å²) >= 11 is 1.74. The van der Waals surface area contributed by atoms with Gasteiger partial charge in [0.05, 0.1) is 23.2 Å². The van der Waals surface area contributed by atoms with E-state index >= 15 is 0 Å². The number of hydrogen-bond donors (Lipinski definition) is 1. The third kappa shape index (κ3) is 3.90. The standard InChI is InChI=1S/C23H20FN5OS/c1-31-20(16-4-7-25-18-5-8-30-23(16)18)12-27-21-11-19(28-13-29-21)15-9-14-3-2-6-26-22(14)17(24)10-15/h2-4,6-7,9-11,13,20H,5,8,12H2,1H3,(H,27,28,29). The molecular formula is C23H20FN5OS. The van der Waals surface area contributed by atoms with Crippen LogP contribution in [0.25, 0.3) is 22.2 Å². The Bertz CT molecular complexity index is 1250. The molecule has 1 unspecified atom stereocenters. The van der Waals surface area contributed by atoms with Crippen LogP contribution in [0.5, 0.6) is 5.75 Å². The number of aromatic nitrogens is 4. The van der Waals surface area contributed by atoms with Crippen molar-refractivity contribution in [2.75, 3.05) is 24.7 Å². The minimum atomic E-state index is -0.366. The van der Waals surface area contributed by atoms with Gasteiger partial charge in [-0.15, -0.1) is 0 Å². The maximum atomic E-state index is 14.5. The molecule has 4 aromatic rings. The highest BCUT2D eigenvalue weighted by Gasteiger charge is 2.23. The zero-order valence-corrected chi connectivity index (χ0v) is 17.7. The molecule has 1 aliphatic rings. The van der Waals surface area contributed by atoms with Gasteiger partial charge in [-0.05, 0) is 30.5 Å². The average molecular weight is 434 g/mol. The number of nitrogens with zero attached hydrogens (tertiary/aromatic N) is 4. The van der Waals surface area contributed by atoms with Crippen LogP contribution in [0.3, 0.4) is 0 Å². The van der Waals surface area contributed by atoms with Gasteiger partial charge in [0.2, 0.25) is 0 Å². The summed E-state index contributed by atoms with van der Waals surface area (Å²) in [5, 5.41) is 4.31. The molecule has 1 atom stereocenters. The van der Waals surface area contributed by atoms with Crippen molar-refractivity contribution in [3.05, 3.63) is 72.2 Å². The summed E-state index contributed by atoms with van der Waals surface area (Å²) < 4.78 is 20.3. The van der Waals surface area contributed by atoms with Crippen molar-refractivity contribution >= 4 is 28.5 Å². The molecule has 0 saturated heterocycles. The highest BCUT2D eigenvalue weighted by molar-refractivity contribution is 7.98. The van der Waals surface area contributed by atoms with E-state index in [1.54, 1.807) is 24.0 Å². The fourth-order valence-electron chi connectivity index (χ4n) is 3.78. The van der Waals surface area contributed by atoms with Crippen LogP contribution in [0.4, 0.5) is 10.2 Å². The van der Waals surface area contributed by atoms with Gasteiger partial charge in [0.25, 0.3) is 0 Å². The van der Waals surface area contributed by atoms with Gasteiger partial charge in [0.1, 0.15) is 29.2 Å². The highest BCUT2D eigenvalue weighted by atomic mass is 32.2. The zero-order chi connectivity index (χ0) is 21.2. The molecule has 1 N–H and O–H groups in total. The Hall–Kier alpha value is -3.26. The first-order valence-electron chi connectivity index (χ1n) is 9.97. The second-order valence-electron chi connectivity index (χ2n) is 7.20. The Morgan fingerprint density at radius 2 is 2.06 bits per heavy atom. The Morgan fingerprint density at radius 1 is 1.13 bits per heavy atom. The smallest absolute Gasteiger partial charge is 0.150 e. The molecule has 156 valence electrons. The maximum Gasteiger partial charge on any atom is 0.150 e. The lowest BCUT2D eigenvalue weighted by molar-refractivity contribution is 0.353. The van der Waals surface area contributed by atoms with E-state index in [0.717, 1.165) is 28.8 Å². The van der Waals surface area contributed by atoms with E-state index in [-0.39, 0.29) is 11.1 Å². The number of thioether (sulfide) groups is 1. The van der Waals surface area contributed by atoms with Gasteiger partial charge in [-0.25, -0.2) is 14.4 Å². The van der Waals surface area contributed by atoms with Crippen molar-refractivity contribution in [1.82, 2.24) is 19.9 Å². The molecule has 0 saturated carbocycles. The Balaban J connectivity index is 1.38. The maximum absolute atomic E-state index is 14.5. The van der Waals surface area contributed by atoms with Gasteiger partial charge in [-0.3, -0.25) is 9.97 Å². The summed E-state index contributed by atoms with van der Waals surface area (Å²) in [4.78, 5) is 17.2. The number of halogens is 1. The Labute approximate surface area is 183 Å². The molecule has 1 aliphatic heterocycles. The van der Waals surface area contributed by atoms with Crippen molar-refractivity contribution in [2.45, 2.75) is 11.7 Å². The predicted octanol–water partition coefficient (Wildman–Crippen LogP) is 4.68. The summed E-state index contributed by atoms with van der Waals surface area (Å²) in [6.07, 6.45) is 7.85. The summed E-state index contributed by atoms with van der Waals surface area (Å²) in [5.74, 6) is 1.23. The van der Waals surface area contributed by atoms with E-state index < -0.39 is 0 Å². The number of hydrogen-bond acceptors (Lipinski definition) is 7. The van der Waals surface area contributed by atoms with Crippen LogP contribution in [-0.2, 0) is 6.42 Å². The molecule has 0 spiro atoms. The van der Waals surface area contributed by atoms with Crippen LogP contribution in [0, 0.1) is 5.82 Å². The first-order valence-corrected chi connectivity index (χ1v) is 11.3. The number of rotatable bonds is 6. The van der Waals surface area contributed by atoms with Crippen molar-refractivity contribution in [3.63, 3.8) is 0 Å². The Morgan fingerprint density at radius 3 is 2.97 bits per heavy atom. The monoisotopic (exact) mass is 433 g/mol. The SMILES string of the molecule is CSC(CNc1cc(-c2cc(F)c3ncccc3c2)ncn1)c1ccnc2c1OCC2. The minimum Gasteiger partial charge on any atom is -0.491 e. The lowest BCUT2D eigenvalue weighted by atomic mass is 10.1. The van der Waals surface area contributed by atoms with Crippen LogP contribution in [0.1, 0.15) is 16.5 Å².